The van der Waals surface area contributed by atoms with Crippen LogP contribution >= 0.6 is 0 Å². The molecule has 1 aliphatic heterocycles. The predicted octanol–water partition coefficient (Wildman–Crippen LogP) is 3.14. The van der Waals surface area contributed by atoms with Crippen molar-refractivity contribution in [2.24, 2.45) is 0 Å². The quantitative estimate of drug-likeness (QED) is 0.299. The minimum Gasteiger partial charge on any atom is -0.508 e. The molecule has 9 nitrogen and oxygen atoms in total. The summed E-state index contributed by atoms with van der Waals surface area (Å²) in [6, 6.07) is 11.7. The van der Waals surface area contributed by atoms with Gasteiger partial charge in [0.15, 0.2) is 5.82 Å². The molecule has 0 spiro atoms. The molecule has 10 heteroatoms. The Morgan fingerprint density at radius 3 is 2.86 bits per heavy atom. The third kappa shape index (κ3) is 5.00. The average molecular weight is 493 g/mol. The van der Waals surface area contributed by atoms with Crippen LogP contribution < -0.4 is 4.72 Å². The molecule has 0 unspecified atom stereocenters. The second-order valence-corrected chi connectivity index (χ2v) is 10.6. The number of nitrogens with zero attached hydrogens (tertiary/aromatic N) is 3. The van der Waals surface area contributed by atoms with Crippen molar-refractivity contribution >= 4 is 26.5 Å². The first-order chi connectivity index (χ1) is 16.8. The lowest BCUT2D eigenvalue weighted by Crippen LogP contribution is -2.33. The number of imidazole rings is 1. The molecular formula is C25H28N6O3S. The maximum absolute atomic E-state index is 11.3. The molecule has 0 amide bonds. The van der Waals surface area contributed by atoms with Crippen molar-refractivity contribution in [3.63, 3.8) is 0 Å². The number of sulfonamides is 1. The van der Waals surface area contributed by atoms with E-state index >= 15 is 0 Å². The minimum absolute atomic E-state index is 0.273. The van der Waals surface area contributed by atoms with Crippen molar-refractivity contribution in [1.82, 2.24) is 29.8 Å². The smallest absolute Gasteiger partial charge is 0.208 e. The van der Waals surface area contributed by atoms with Gasteiger partial charge in [-0.15, -0.1) is 0 Å². The fraction of sp³-hybridized carbons (Fsp3) is 0.280. The highest BCUT2D eigenvalue weighted by Crippen LogP contribution is 2.32. The highest BCUT2D eigenvalue weighted by molar-refractivity contribution is 7.88. The van der Waals surface area contributed by atoms with E-state index in [0.29, 0.717) is 18.9 Å². The average Bonchev–Trinajstić information content (AvgIpc) is 3.56. The van der Waals surface area contributed by atoms with Crippen molar-refractivity contribution in [3.05, 3.63) is 59.9 Å². The van der Waals surface area contributed by atoms with Crippen LogP contribution in [0.15, 0.2) is 48.7 Å². The van der Waals surface area contributed by atoms with Crippen LogP contribution in [0.25, 0.3) is 39.1 Å². The van der Waals surface area contributed by atoms with Crippen LogP contribution in [-0.4, -0.2) is 71.0 Å². The van der Waals surface area contributed by atoms with Crippen LogP contribution in [-0.2, 0) is 16.4 Å². The van der Waals surface area contributed by atoms with Gasteiger partial charge in [-0.05, 0) is 52.9 Å². The molecule has 3 heterocycles. The zero-order chi connectivity index (χ0) is 24.6. The molecule has 4 N–H and O–H groups in total. The lowest BCUT2D eigenvalue weighted by atomic mass is 9.97. The van der Waals surface area contributed by atoms with Crippen molar-refractivity contribution < 1.29 is 13.5 Å². The molecule has 0 atom stereocenters. The van der Waals surface area contributed by atoms with Gasteiger partial charge in [0.05, 0.1) is 23.7 Å². The van der Waals surface area contributed by atoms with E-state index < -0.39 is 10.0 Å². The Balaban J connectivity index is 1.33. The molecule has 1 aliphatic rings. The van der Waals surface area contributed by atoms with E-state index in [1.165, 1.54) is 6.26 Å². The van der Waals surface area contributed by atoms with Gasteiger partial charge in [-0.3, -0.25) is 10.00 Å². The van der Waals surface area contributed by atoms with Crippen LogP contribution in [0.2, 0.25) is 0 Å². The molecule has 0 aliphatic carbocycles. The van der Waals surface area contributed by atoms with Gasteiger partial charge in [-0.1, -0.05) is 25.1 Å². The lowest BCUT2D eigenvalue weighted by Gasteiger charge is -2.15. The number of aromatic hydroxyl groups is 1. The third-order valence-electron chi connectivity index (χ3n) is 6.27. The number of benzene rings is 2. The van der Waals surface area contributed by atoms with E-state index in [1.54, 1.807) is 6.07 Å². The van der Waals surface area contributed by atoms with E-state index in [-0.39, 0.29) is 5.75 Å². The van der Waals surface area contributed by atoms with Crippen LogP contribution in [0.3, 0.4) is 0 Å². The summed E-state index contributed by atoms with van der Waals surface area (Å²) in [4.78, 5) is 10.1. The summed E-state index contributed by atoms with van der Waals surface area (Å²) in [6.07, 6.45) is 5.95. The third-order valence-corrected chi connectivity index (χ3v) is 7.00. The van der Waals surface area contributed by atoms with E-state index in [1.807, 2.05) is 24.4 Å². The van der Waals surface area contributed by atoms with E-state index in [2.05, 4.69) is 54.9 Å². The van der Waals surface area contributed by atoms with Crippen molar-refractivity contribution in [2.75, 3.05) is 32.4 Å². The molecule has 4 aromatic rings. The number of aromatic amines is 2. The zero-order valence-corrected chi connectivity index (χ0v) is 20.5. The number of hydrogen-bond acceptors (Lipinski definition) is 6. The molecule has 0 saturated carbocycles. The predicted molar refractivity (Wildman–Crippen MR) is 137 cm³/mol. The van der Waals surface area contributed by atoms with Gasteiger partial charge >= 0.3 is 0 Å². The van der Waals surface area contributed by atoms with Gasteiger partial charge in [-0.2, -0.15) is 5.10 Å². The Bertz CT molecular complexity index is 1520. The van der Waals surface area contributed by atoms with Gasteiger partial charge in [0.2, 0.25) is 10.0 Å². The highest BCUT2D eigenvalue weighted by atomic mass is 32.2. The minimum atomic E-state index is -3.18. The maximum atomic E-state index is 11.3. The molecule has 2 aromatic carbocycles. The normalized spacial score (nSPS) is 14.6. The molecule has 5 rings (SSSR count). The van der Waals surface area contributed by atoms with E-state index in [4.69, 9.17) is 0 Å². The number of rotatable bonds is 8. The fourth-order valence-electron chi connectivity index (χ4n) is 4.49. The molecule has 0 radical (unpaired) electrons. The largest absolute Gasteiger partial charge is 0.508 e. The molecule has 0 fully saturated rings. The fourth-order valence-corrected chi connectivity index (χ4v) is 4.95. The number of fused-ring (bicyclic) bond motifs is 1. The Kier molecular flexibility index (Phi) is 6.18. The Hall–Kier alpha value is -3.47. The van der Waals surface area contributed by atoms with Gasteiger partial charge in [0, 0.05) is 31.6 Å². The van der Waals surface area contributed by atoms with Crippen molar-refractivity contribution in [3.8, 4) is 28.4 Å². The van der Waals surface area contributed by atoms with Crippen LogP contribution in [0.4, 0.5) is 0 Å². The first kappa shape index (κ1) is 23.3. The van der Waals surface area contributed by atoms with Crippen molar-refractivity contribution in [2.45, 2.75) is 13.3 Å². The summed E-state index contributed by atoms with van der Waals surface area (Å²) < 4.78 is 25.0. The molecule has 182 valence electrons. The summed E-state index contributed by atoms with van der Waals surface area (Å²) in [6.45, 7) is 4.59. The molecule has 0 bridgehead atoms. The monoisotopic (exact) mass is 492 g/mol. The summed E-state index contributed by atoms with van der Waals surface area (Å²) in [5.74, 6) is 0.964. The topological polar surface area (TPSA) is 127 Å². The van der Waals surface area contributed by atoms with Gasteiger partial charge in [0.1, 0.15) is 11.4 Å². The molecule has 0 saturated heterocycles. The summed E-state index contributed by atoms with van der Waals surface area (Å²) in [7, 11) is -3.18. The Morgan fingerprint density at radius 2 is 2.06 bits per heavy atom. The molecule has 35 heavy (non-hydrogen) atoms. The number of phenolic OH excluding ortho intramolecular Hbond substituents is 1. The number of hydrogen-bond donors (Lipinski definition) is 4. The zero-order valence-electron chi connectivity index (χ0n) is 19.7. The lowest BCUT2D eigenvalue weighted by molar-refractivity contribution is 0.360. The Labute approximate surface area is 204 Å². The first-order valence-corrected chi connectivity index (χ1v) is 13.4. The summed E-state index contributed by atoms with van der Waals surface area (Å²) in [5, 5.41) is 18.4. The summed E-state index contributed by atoms with van der Waals surface area (Å²) >= 11 is 0. The van der Waals surface area contributed by atoms with Crippen LogP contribution in [0.1, 0.15) is 18.2 Å². The van der Waals surface area contributed by atoms with E-state index in [9.17, 15) is 13.5 Å². The SMILES string of the molecule is CCc1cc(O)ccc1-c1ccc2c(-c3ncc(C4=CCN(CCNS(C)(=O)=O)C4)[nH]3)n[nH]c2c1. The standard InChI is InChI=1S/C25H28N6O3S/c1-3-16-12-19(32)5-7-20(16)17-4-6-21-22(13-17)29-30-24(21)25-26-14-23(28-25)18-8-10-31(15-18)11-9-27-35(2,33)34/h4-8,12-14,27,32H,3,9-11,15H2,1-2H3,(H,26,28)(H,29,30). The van der Waals surface area contributed by atoms with Gasteiger partial charge in [0.25, 0.3) is 0 Å². The second-order valence-electron chi connectivity index (χ2n) is 8.80. The number of H-pyrrole nitrogens is 2. The van der Waals surface area contributed by atoms with Gasteiger partial charge in [-0.25, -0.2) is 18.1 Å². The molecule has 2 aromatic heterocycles. The number of aryl methyl sites for hydroxylation is 1. The van der Waals surface area contributed by atoms with E-state index in [0.717, 1.165) is 64.1 Å². The maximum Gasteiger partial charge on any atom is 0.208 e. The number of aromatic nitrogens is 4. The number of nitrogens with one attached hydrogen (secondary N) is 3. The van der Waals surface area contributed by atoms with Crippen LogP contribution in [0, 0.1) is 0 Å². The van der Waals surface area contributed by atoms with Gasteiger partial charge < -0.3 is 10.1 Å². The Morgan fingerprint density at radius 1 is 1.20 bits per heavy atom. The first-order valence-electron chi connectivity index (χ1n) is 11.5. The number of phenols is 1. The second kappa shape index (κ2) is 9.29. The summed E-state index contributed by atoms with van der Waals surface area (Å²) in [5.41, 5.74) is 6.97. The van der Waals surface area contributed by atoms with Crippen LogP contribution in [0.5, 0.6) is 5.75 Å². The van der Waals surface area contributed by atoms with Crippen molar-refractivity contribution in [1.29, 1.82) is 0 Å². The highest BCUT2D eigenvalue weighted by Gasteiger charge is 2.19. The molecular weight excluding hydrogens is 464 g/mol.